The van der Waals surface area contributed by atoms with Gasteiger partial charge in [-0.1, -0.05) is 44.2 Å². The predicted octanol–water partition coefficient (Wildman–Crippen LogP) is 0.999. The first kappa shape index (κ1) is 25.8. The highest BCUT2D eigenvalue weighted by Crippen LogP contribution is 2.10. The van der Waals surface area contributed by atoms with Gasteiger partial charge >= 0.3 is 5.97 Å². The molecule has 1 aromatic carbocycles. The van der Waals surface area contributed by atoms with Crippen LogP contribution in [0.5, 0.6) is 0 Å². The van der Waals surface area contributed by atoms with Crippen molar-refractivity contribution >= 4 is 30.3 Å². The number of benzene rings is 1. The Labute approximate surface area is 182 Å². The molecule has 9 heteroatoms. The van der Waals surface area contributed by atoms with Crippen molar-refractivity contribution in [3.63, 3.8) is 0 Å². The Morgan fingerprint density at radius 3 is 2.26 bits per heavy atom. The zero-order chi connectivity index (χ0) is 23.2. The maximum atomic E-state index is 12.9. The third kappa shape index (κ3) is 9.43. The van der Waals surface area contributed by atoms with E-state index in [-0.39, 0.29) is 24.6 Å². The molecule has 3 N–H and O–H groups in total. The molecule has 2 atom stereocenters. The lowest BCUT2D eigenvalue weighted by atomic mass is 10.0. The molecule has 0 unspecified atom stereocenters. The van der Waals surface area contributed by atoms with E-state index in [1.165, 1.54) is 20.3 Å². The van der Waals surface area contributed by atoms with Gasteiger partial charge in [0.05, 0.1) is 7.11 Å². The van der Waals surface area contributed by atoms with Gasteiger partial charge in [0.2, 0.25) is 18.2 Å². The first-order chi connectivity index (χ1) is 14.8. The molecular formula is C22H31N3O6. The Balaban J connectivity index is 3.03. The molecule has 0 aliphatic rings. The smallest absolute Gasteiger partial charge is 0.354 e. The summed E-state index contributed by atoms with van der Waals surface area (Å²) in [6.45, 7) is 4.06. The van der Waals surface area contributed by atoms with Crippen molar-refractivity contribution < 1.29 is 28.7 Å². The number of nitrogens with one attached hydrogen (secondary N) is 3. The summed E-state index contributed by atoms with van der Waals surface area (Å²) in [5.74, 6) is -1.72. The van der Waals surface area contributed by atoms with Crippen molar-refractivity contribution in [3.05, 3.63) is 41.6 Å². The first-order valence-corrected chi connectivity index (χ1v) is 9.97. The largest absolute Gasteiger partial charge is 0.464 e. The van der Waals surface area contributed by atoms with Gasteiger partial charge in [-0.3, -0.25) is 14.4 Å². The van der Waals surface area contributed by atoms with E-state index in [1.54, 1.807) is 24.3 Å². The second kappa shape index (κ2) is 13.9. The zero-order valence-electron chi connectivity index (χ0n) is 18.3. The van der Waals surface area contributed by atoms with E-state index in [4.69, 9.17) is 9.47 Å². The van der Waals surface area contributed by atoms with Crippen LogP contribution in [0.4, 0.5) is 0 Å². The van der Waals surface area contributed by atoms with Crippen LogP contribution in [0.1, 0.15) is 32.3 Å². The van der Waals surface area contributed by atoms with Gasteiger partial charge in [0, 0.05) is 13.7 Å². The maximum absolute atomic E-state index is 12.9. The highest BCUT2D eigenvalue weighted by molar-refractivity contribution is 6.00. The summed E-state index contributed by atoms with van der Waals surface area (Å²) >= 11 is 0. The van der Waals surface area contributed by atoms with Gasteiger partial charge in [0.1, 0.15) is 17.8 Å². The summed E-state index contributed by atoms with van der Waals surface area (Å²) < 4.78 is 9.73. The number of carbonyl (C=O) groups is 4. The average molecular weight is 434 g/mol. The van der Waals surface area contributed by atoms with Crippen LogP contribution in [-0.4, -0.2) is 57.1 Å². The number of methoxy groups -OCH3 is 2. The van der Waals surface area contributed by atoms with E-state index in [0.29, 0.717) is 18.4 Å². The van der Waals surface area contributed by atoms with Gasteiger partial charge in [0.25, 0.3) is 0 Å². The third-order valence-electron chi connectivity index (χ3n) is 4.31. The Kier molecular flexibility index (Phi) is 11.6. The molecule has 0 spiro atoms. The number of hydrogen-bond donors (Lipinski definition) is 3. The van der Waals surface area contributed by atoms with E-state index >= 15 is 0 Å². The molecule has 0 heterocycles. The van der Waals surface area contributed by atoms with Gasteiger partial charge in [0.15, 0.2) is 0 Å². The standard InChI is InChI=1S/C22H31N3O6/c1-15(2)12-18(24-20(27)17(23-14-26)10-11-30-3)21(28)25-19(22(29)31-4)13-16-8-6-5-7-9-16/h5-9,13-15,17-18H,10-12H2,1-4H3,(H,23,26)(H,24,27)(H,25,28)/b19-13-/t17-,18-/m0/s1. The molecule has 0 aromatic heterocycles. The lowest BCUT2D eigenvalue weighted by Gasteiger charge is -2.23. The van der Waals surface area contributed by atoms with Gasteiger partial charge in [-0.05, 0) is 30.4 Å². The van der Waals surface area contributed by atoms with E-state index in [1.807, 2.05) is 19.9 Å². The normalized spacial score (nSPS) is 13.1. The van der Waals surface area contributed by atoms with Crippen molar-refractivity contribution in [3.8, 4) is 0 Å². The molecule has 1 rings (SSSR count). The fraction of sp³-hybridized carbons (Fsp3) is 0.455. The van der Waals surface area contributed by atoms with E-state index in [2.05, 4.69) is 16.0 Å². The van der Waals surface area contributed by atoms with Crippen LogP contribution in [0.2, 0.25) is 0 Å². The van der Waals surface area contributed by atoms with Crippen LogP contribution in [0, 0.1) is 5.92 Å². The Morgan fingerprint density at radius 2 is 1.71 bits per heavy atom. The Morgan fingerprint density at radius 1 is 1.03 bits per heavy atom. The number of carbonyl (C=O) groups excluding carboxylic acids is 4. The minimum absolute atomic E-state index is 0.0522. The van der Waals surface area contributed by atoms with Crippen LogP contribution in [0.25, 0.3) is 6.08 Å². The first-order valence-electron chi connectivity index (χ1n) is 9.97. The van der Waals surface area contributed by atoms with E-state index < -0.39 is 29.9 Å². The molecule has 170 valence electrons. The van der Waals surface area contributed by atoms with Crippen molar-refractivity contribution in [2.24, 2.45) is 5.92 Å². The minimum atomic E-state index is -0.921. The molecule has 0 saturated carbocycles. The molecule has 31 heavy (non-hydrogen) atoms. The van der Waals surface area contributed by atoms with Gasteiger partial charge in [-0.2, -0.15) is 0 Å². The van der Waals surface area contributed by atoms with Gasteiger partial charge in [-0.25, -0.2) is 4.79 Å². The number of rotatable bonds is 13. The Hall–Kier alpha value is -3.20. The van der Waals surface area contributed by atoms with Crippen molar-refractivity contribution in [2.45, 2.75) is 38.8 Å². The van der Waals surface area contributed by atoms with Crippen LogP contribution < -0.4 is 16.0 Å². The number of hydrogen-bond acceptors (Lipinski definition) is 6. The van der Waals surface area contributed by atoms with Gasteiger partial charge in [-0.15, -0.1) is 0 Å². The summed E-state index contributed by atoms with van der Waals surface area (Å²) in [5.41, 5.74) is 0.645. The quantitative estimate of drug-likeness (QED) is 0.242. The highest BCUT2D eigenvalue weighted by atomic mass is 16.5. The van der Waals surface area contributed by atoms with Gasteiger partial charge < -0.3 is 25.4 Å². The number of esters is 1. The maximum Gasteiger partial charge on any atom is 0.354 e. The molecule has 0 saturated heterocycles. The van der Waals surface area contributed by atoms with Crippen molar-refractivity contribution in [1.29, 1.82) is 0 Å². The molecule has 0 radical (unpaired) electrons. The minimum Gasteiger partial charge on any atom is -0.464 e. The van der Waals surface area contributed by atoms with Crippen LogP contribution in [0.3, 0.4) is 0 Å². The van der Waals surface area contributed by atoms with E-state index in [0.717, 1.165) is 0 Å². The lowest BCUT2D eigenvalue weighted by molar-refractivity contribution is -0.138. The Bertz CT molecular complexity index is 764. The number of amides is 3. The molecule has 3 amide bonds. The topological polar surface area (TPSA) is 123 Å². The monoisotopic (exact) mass is 433 g/mol. The molecule has 0 aliphatic carbocycles. The highest BCUT2D eigenvalue weighted by Gasteiger charge is 2.27. The molecular weight excluding hydrogens is 402 g/mol. The lowest BCUT2D eigenvalue weighted by Crippen LogP contribution is -2.53. The molecule has 9 nitrogen and oxygen atoms in total. The van der Waals surface area contributed by atoms with E-state index in [9.17, 15) is 19.2 Å². The summed E-state index contributed by atoms with van der Waals surface area (Å²) in [5, 5.41) is 7.65. The third-order valence-corrected chi connectivity index (χ3v) is 4.31. The predicted molar refractivity (Wildman–Crippen MR) is 115 cm³/mol. The fourth-order valence-electron chi connectivity index (χ4n) is 2.77. The molecule has 0 bridgehead atoms. The second-order valence-corrected chi connectivity index (χ2v) is 7.26. The van der Waals surface area contributed by atoms with Crippen LogP contribution >= 0.6 is 0 Å². The molecule has 0 fully saturated rings. The number of ether oxygens (including phenoxy) is 2. The summed E-state index contributed by atoms with van der Waals surface area (Å²) in [7, 11) is 2.70. The fourth-order valence-corrected chi connectivity index (χ4v) is 2.77. The summed E-state index contributed by atoms with van der Waals surface area (Å²) in [6.07, 6.45) is 2.50. The van der Waals surface area contributed by atoms with Crippen LogP contribution in [0.15, 0.2) is 36.0 Å². The SMILES string of the molecule is COCC[C@H](NC=O)C(=O)N[C@@H](CC(C)C)C(=O)N/C(=C\c1ccccc1)C(=O)OC. The molecule has 1 aromatic rings. The average Bonchev–Trinajstić information content (AvgIpc) is 2.75. The van der Waals surface area contributed by atoms with Crippen molar-refractivity contribution in [2.75, 3.05) is 20.8 Å². The van der Waals surface area contributed by atoms with Crippen molar-refractivity contribution in [1.82, 2.24) is 16.0 Å². The summed E-state index contributed by atoms with van der Waals surface area (Å²) in [4.78, 5) is 48.6. The second-order valence-electron chi connectivity index (χ2n) is 7.26. The van der Waals surface area contributed by atoms with Crippen LogP contribution in [-0.2, 0) is 28.7 Å². The summed E-state index contributed by atoms with van der Waals surface area (Å²) in [6, 6.07) is 7.20. The zero-order valence-corrected chi connectivity index (χ0v) is 18.3. The molecule has 0 aliphatic heterocycles.